The summed E-state index contributed by atoms with van der Waals surface area (Å²) in [6.45, 7) is 5.60. The summed E-state index contributed by atoms with van der Waals surface area (Å²) in [7, 11) is 0. The molecule has 3 rings (SSSR count). The zero-order valence-corrected chi connectivity index (χ0v) is 16.7. The van der Waals surface area contributed by atoms with Crippen LogP contribution < -0.4 is 0 Å². The smallest absolute Gasteiger partial charge is 0.338 e. The number of carbonyl (C=O) groups is 3. The Morgan fingerprint density at radius 3 is 2.38 bits per heavy atom. The number of ether oxygens (including phenoxy) is 6. The minimum absolute atomic E-state index is 0.293. The van der Waals surface area contributed by atoms with Gasteiger partial charge in [-0.15, -0.1) is 0 Å². The molecule has 0 bridgehead atoms. The molecule has 0 N–H and O–H groups in total. The van der Waals surface area contributed by atoms with Crippen molar-refractivity contribution in [3.05, 3.63) is 35.9 Å². The fourth-order valence-electron chi connectivity index (χ4n) is 3.35. The molecule has 29 heavy (non-hydrogen) atoms. The Hall–Kier alpha value is -2.49. The average molecular weight is 408 g/mol. The summed E-state index contributed by atoms with van der Waals surface area (Å²) in [4.78, 5) is 35.5. The molecule has 0 amide bonds. The normalized spacial score (nSPS) is 28.3. The maximum absolute atomic E-state index is 12.3. The number of esters is 3. The van der Waals surface area contributed by atoms with Crippen LogP contribution in [0.4, 0.5) is 0 Å². The van der Waals surface area contributed by atoms with Gasteiger partial charge in [-0.2, -0.15) is 0 Å². The molecule has 2 aliphatic heterocycles. The van der Waals surface area contributed by atoms with Gasteiger partial charge in [0, 0.05) is 13.8 Å². The molecule has 0 spiro atoms. The van der Waals surface area contributed by atoms with Crippen molar-refractivity contribution in [3.63, 3.8) is 0 Å². The molecule has 0 aromatic heterocycles. The molecule has 5 atom stereocenters. The lowest BCUT2D eigenvalue weighted by atomic mass is 10.1. The SMILES string of the molecule is CC(=O)O[C@@H]1[C@H]2OC(C)(C)O[C@H]2O[C@@H]1[C@@H](COC(=O)c1ccccc1)OC(C)=O. The first-order chi connectivity index (χ1) is 13.7. The molecule has 0 unspecified atom stereocenters. The third kappa shape index (κ3) is 5.11. The quantitative estimate of drug-likeness (QED) is 0.512. The van der Waals surface area contributed by atoms with Crippen LogP contribution in [0.25, 0.3) is 0 Å². The first-order valence-corrected chi connectivity index (χ1v) is 9.24. The average Bonchev–Trinajstić information content (AvgIpc) is 3.11. The third-order valence-electron chi connectivity index (χ3n) is 4.40. The molecule has 0 aliphatic carbocycles. The van der Waals surface area contributed by atoms with E-state index < -0.39 is 54.4 Å². The minimum atomic E-state index is -1.02. The van der Waals surface area contributed by atoms with Crippen LogP contribution in [-0.2, 0) is 38.0 Å². The van der Waals surface area contributed by atoms with Gasteiger partial charge < -0.3 is 28.4 Å². The summed E-state index contributed by atoms with van der Waals surface area (Å²) in [5.41, 5.74) is 0.350. The van der Waals surface area contributed by atoms with Gasteiger partial charge in [-0.05, 0) is 26.0 Å². The lowest BCUT2D eigenvalue weighted by Gasteiger charge is -2.29. The number of benzene rings is 1. The van der Waals surface area contributed by atoms with Crippen molar-refractivity contribution in [2.45, 2.75) is 64.2 Å². The molecular weight excluding hydrogens is 384 g/mol. The predicted octanol–water partition coefficient (Wildman–Crippen LogP) is 1.58. The molecule has 1 aromatic carbocycles. The maximum Gasteiger partial charge on any atom is 0.338 e. The highest BCUT2D eigenvalue weighted by atomic mass is 16.8. The molecule has 1 aromatic rings. The summed E-state index contributed by atoms with van der Waals surface area (Å²) in [6, 6.07) is 8.38. The van der Waals surface area contributed by atoms with E-state index in [1.54, 1.807) is 44.2 Å². The van der Waals surface area contributed by atoms with Crippen molar-refractivity contribution < 1.29 is 42.8 Å². The Balaban J connectivity index is 1.75. The zero-order chi connectivity index (χ0) is 21.2. The van der Waals surface area contributed by atoms with Gasteiger partial charge in [-0.25, -0.2) is 4.79 Å². The number of fused-ring (bicyclic) bond motifs is 1. The summed E-state index contributed by atoms with van der Waals surface area (Å²) < 4.78 is 33.3. The number of hydrogen-bond donors (Lipinski definition) is 0. The molecule has 2 aliphatic rings. The molecule has 158 valence electrons. The third-order valence-corrected chi connectivity index (χ3v) is 4.40. The van der Waals surface area contributed by atoms with Gasteiger partial charge in [0.05, 0.1) is 5.56 Å². The second-order valence-electron chi connectivity index (χ2n) is 7.26. The van der Waals surface area contributed by atoms with E-state index in [0.717, 1.165) is 0 Å². The van der Waals surface area contributed by atoms with Gasteiger partial charge in [0.15, 0.2) is 30.4 Å². The molecule has 9 heteroatoms. The largest absolute Gasteiger partial charge is 0.458 e. The fourth-order valence-corrected chi connectivity index (χ4v) is 3.35. The van der Waals surface area contributed by atoms with Crippen LogP contribution in [0.15, 0.2) is 30.3 Å². The van der Waals surface area contributed by atoms with E-state index >= 15 is 0 Å². The summed E-state index contributed by atoms with van der Waals surface area (Å²) in [6.07, 6.45) is -4.38. The van der Waals surface area contributed by atoms with Crippen molar-refractivity contribution in [2.75, 3.05) is 6.61 Å². The zero-order valence-electron chi connectivity index (χ0n) is 16.7. The predicted molar refractivity (Wildman–Crippen MR) is 96.5 cm³/mol. The van der Waals surface area contributed by atoms with Crippen LogP contribution in [-0.4, -0.2) is 61.0 Å². The van der Waals surface area contributed by atoms with E-state index in [0.29, 0.717) is 5.56 Å². The molecule has 0 radical (unpaired) electrons. The van der Waals surface area contributed by atoms with E-state index in [9.17, 15) is 14.4 Å². The number of carbonyl (C=O) groups excluding carboxylic acids is 3. The van der Waals surface area contributed by atoms with E-state index in [1.165, 1.54) is 13.8 Å². The Labute approximate surface area is 168 Å². The van der Waals surface area contributed by atoms with Gasteiger partial charge in [-0.1, -0.05) is 18.2 Å². The summed E-state index contributed by atoms with van der Waals surface area (Å²) >= 11 is 0. The van der Waals surface area contributed by atoms with E-state index in [2.05, 4.69) is 0 Å². The van der Waals surface area contributed by atoms with Crippen molar-refractivity contribution in [1.29, 1.82) is 0 Å². The molecule has 2 heterocycles. The standard InChI is InChI=1S/C20H24O9/c1-11(21)25-14(10-24-18(23)13-8-6-5-7-9-13)15-16(26-12(2)22)17-19(27-15)29-20(3,4)28-17/h5-9,14-17,19H,10H2,1-4H3/t14-,15-,16+,17-,19-/m1/s1. The lowest BCUT2D eigenvalue weighted by molar-refractivity contribution is -0.233. The minimum Gasteiger partial charge on any atom is -0.458 e. The van der Waals surface area contributed by atoms with Gasteiger partial charge >= 0.3 is 17.9 Å². The topological polar surface area (TPSA) is 107 Å². The van der Waals surface area contributed by atoms with Crippen LogP contribution >= 0.6 is 0 Å². The van der Waals surface area contributed by atoms with Gasteiger partial charge in [-0.3, -0.25) is 9.59 Å². The Morgan fingerprint density at radius 2 is 1.76 bits per heavy atom. The van der Waals surface area contributed by atoms with Crippen LogP contribution in [0.3, 0.4) is 0 Å². The van der Waals surface area contributed by atoms with Crippen LogP contribution in [0.5, 0.6) is 0 Å². The highest BCUT2D eigenvalue weighted by molar-refractivity contribution is 5.89. The monoisotopic (exact) mass is 408 g/mol. The fraction of sp³-hybridized carbons (Fsp3) is 0.550. The molecule has 2 fully saturated rings. The van der Waals surface area contributed by atoms with Crippen molar-refractivity contribution in [3.8, 4) is 0 Å². The number of hydrogen-bond acceptors (Lipinski definition) is 9. The molecule has 2 saturated heterocycles. The van der Waals surface area contributed by atoms with Gasteiger partial charge in [0.1, 0.15) is 12.7 Å². The number of rotatable bonds is 6. The van der Waals surface area contributed by atoms with Crippen molar-refractivity contribution in [1.82, 2.24) is 0 Å². The van der Waals surface area contributed by atoms with Crippen molar-refractivity contribution in [2.24, 2.45) is 0 Å². The lowest BCUT2D eigenvalue weighted by Crippen LogP contribution is -2.47. The van der Waals surface area contributed by atoms with E-state index in [-0.39, 0.29) is 6.61 Å². The van der Waals surface area contributed by atoms with Crippen LogP contribution in [0, 0.1) is 0 Å². The summed E-state index contributed by atoms with van der Waals surface area (Å²) in [5, 5.41) is 0. The highest BCUT2D eigenvalue weighted by Crippen LogP contribution is 2.40. The van der Waals surface area contributed by atoms with Crippen LogP contribution in [0.2, 0.25) is 0 Å². The summed E-state index contributed by atoms with van der Waals surface area (Å²) in [5.74, 6) is -2.66. The van der Waals surface area contributed by atoms with Crippen molar-refractivity contribution >= 4 is 17.9 Å². The molecule has 0 saturated carbocycles. The van der Waals surface area contributed by atoms with E-state index in [1.807, 2.05) is 0 Å². The van der Waals surface area contributed by atoms with E-state index in [4.69, 9.17) is 28.4 Å². The maximum atomic E-state index is 12.3. The highest BCUT2D eigenvalue weighted by Gasteiger charge is 2.59. The first-order valence-electron chi connectivity index (χ1n) is 9.24. The molecular formula is C20H24O9. The Morgan fingerprint density at radius 1 is 1.07 bits per heavy atom. The second kappa shape index (κ2) is 8.48. The first kappa shape index (κ1) is 21.2. The Bertz CT molecular complexity index is 760. The van der Waals surface area contributed by atoms with Gasteiger partial charge in [0.2, 0.25) is 0 Å². The second-order valence-corrected chi connectivity index (χ2v) is 7.26. The van der Waals surface area contributed by atoms with Crippen LogP contribution in [0.1, 0.15) is 38.1 Å². The van der Waals surface area contributed by atoms with Gasteiger partial charge in [0.25, 0.3) is 0 Å². The molecule has 9 nitrogen and oxygen atoms in total. The Kier molecular flexibility index (Phi) is 6.21.